The third-order valence-electron chi connectivity index (χ3n) is 4.15. The fourth-order valence-corrected chi connectivity index (χ4v) is 2.95. The maximum absolute atomic E-state index is 5.77. The van der Waals surface area contributed by atoms with Gasteiger partial charge in [-0.1, -0.05) is 43.7 Å². The Balaban J connectivity index is 1.95. The Labute approximate surface area is 123 Å². The zero-order chi connectivity index (χ0) is 14.4. The summed E-state index contributed by atoms with van der Waals surface area (Å²) < 4.78 is 5.77. The second kappa shape index (κ2) is 7.80. The molecule has 112 valence electrons. The van der Waals surface area contributed by atoms with Crippen LogP contribution in [0.1, 0.15) is 56.6 Å². The molecule has 0 aromatic heterocycles. The highest BCUT2D eigenvalue weighted by molar-refractivity contribution is 5.25. The molecule has 1 aliphatic rings. The monoisotopic (exact) mass is 275 g/mol. The maximum atomic E-state index is 5.77. The van der Waals surface area contributed by atoms with E-state index in [0.29, 0.717) is 18.1 Å². The van der Waals surface area contributed by atoms with Crippen LogP contribution >= 0.6 is 0 Å². The van der Waals surface area contributed by atoms with Crippen molar-refractivity contribution in [2.45, 2.75) is 64.5 Å². The van der Waals surface area contributed by atoms with E-state index in [4.69, 9.17) is 4.74 Å². The number of ether oxygens (including phenoxy) is 1. The average molecular weight is 275 g/mol. The molecule has 0 radical (unpaired) electrons. The van der Waals surface area contributed by atoms with E-state index in [1.807, 2.05) is 0 Å². The zero-order valence-corrected chi connectivity index (χ0v) is 13.2. The number of rotatable bonds is 7. The quantitative estimate of drug-likeness (QED) is 0.811. The summed E-state index contributed by atoms with van der Waals surface area (Å²) in [6.45, 7) is 8.63. The van der Waals surface area contributed by atoms with Crippen molar-refractivity contribution in [1.82, 2.24) is 5.32 Å². The topological polar surface area (TPSA) is 21.3 Å². The lowest BCUT2D eigenvalue weighted by Crippen LogP contribution is -2.28. The molecule has 2 heteroatoms. The molecule has 1 aliphatic heterocycles. The Hall–Kier alpha value is -0.860. The second-order valence-corrected chi connectivity index (χ2v) is 6.39. The number of benzene rings is 1. The molecule has 2 unspecified atom stereocenters. The summed E-state index contributed by atoms with van der Waals surface area (Å²) in [4.78, 5) is 0. The van der Waals surface area contributed by atoms with Gasteiger partial charge in [0.05, 0.1) is 6.10 Å². The summed E-state index contributed by atoms with van der Waals surface area (Å²) in [5.74, 6) is 0.599. The lowest BCUT2D eigenvalue weighted by atomic mass is 9.91. The van der Waals surface area contributed by atoms with Crippen LogP contribution in [0.25, 0.3) is 0 Å². The smallest absolute Gasteiger partial charge is 0.0576 e. The summed E-state index contributed by atoms with van der Waals surface area (Å²) in [6, 6.07) is 9.51. The van der Waals surface area contributed by atoms with Crippen LogP contribution < -0.4 is 5.32 Å². The molecule has 0 bridgehead atoms. The molecule has 2 atom stereocenters. The first-order valence-corrected chi connectivity index (χ1v) is 8.06. The van der Waals surface area contributed by atoms with Gasteiger partial charge in [0.15, 0.2) is 0 Å². The first-order valence-electron chi connectivity index (χ1n) is 8.06. The predicted octanol–water partition coefficient (Wildman–Crippen LogP) is 4.04. The van der Waals surface area contributed by atoms with Gasteiger partial charge in [-0.15, -0.1) is 0 Å². The van der Waals surface area contributed by atoms with Crippen molar-refractivity contribution >= 4 is 0 Å². The molecule has 1 N–H and O–H groups in total. The minimum absolute atomic E-state index is 0.501. The summed E-state index contributed by atoms with van der Waals surface area (Å²) in [7, 11) is 0. The van der Waals surface area contributed by atoms with Crippen molar-refractivity contribution in [3.63, 3.8) is 0 Å². The maximum Gasteiger partial charge on any atom is 0.0576 e. The standard InChI is InChI=1S/C18H29NO/c1-14(2)19-13-17(9-10-18-8-5-11-20-18)16-7-4-6-15(3)12-16/h4,6-7,12,14,17-19H,5,8-11,13H2,1-3H3. The first-order chi connectivity index (χ1) is 9.65. The minimum Gasteiger partial charge on any atom is -0.378 e. The van der Waals surface area contributed by atoms with Gasteiger partial charge in [-0.25, -0.2) is 0 Å². The molecule has 2 rings (SSSR count). The van der Waals surface area contributed by atoms with Crippen molar-refractivity contribution in [1.29, 1.82) is 0 Å². The molecule has 1 heterocycles. The highest BCUT2D eigenvalue weighted by Gasteiger charge is 2.19. The lowest BCUT2D eigenvalue weighted by Gasteiger charge is -2.21. The van der Waals surface area contributed by atoms with Crippen LogP contribution in [0.4, 0.5) is 0 Å². The van der Waals surface area contributed by atoms with Crippen molar-refractivity contribution in [2.24, 2.45) is 0 Å². The van der Waals surface area contributed by atoms with Crippen molar-refractivity contribution in [3.8, 4) is 0 Å². The van der Waals surface area contributed by atoms with Crippen molar-refractivity contribution < 1.29 is 4.74 Å². The predicted molar refractivity (Wildman–Crippen MR) is 85.3 cm³/mol. The first kappa shape index (κ1) is 15.5. The lowest BCUT2D eigenvalue weighted by molar-refractivity contribution is 0.100. The van der Waals surface area contributed by atoms with E-state index in [9.17, 15) is 0 Å². The van der Waals surface area contributed by atoms with Gasteiger partial charge in [0.2, 0.25) is 0 Å². The molecular formula is C18H29NO. The van der Waals surface area contributed by atoms with Gasteiger partial charge in [-0.2, -0.15) is 0 Å². The van der Waals surface area contributed by atoms with Gasteiger partial charge in [-0.05, 0) is 44.1 Å². The normalized spacial score (nSPS) is 20.5. The largest absolute Gasteiger partial charge is 0.378 e. The summed E-state index contributed by atoms with van der Waals surface area (Å²) in [6.07, 6.45) is 5.40. The molecule has 1 saturated heterocycles. The molecule has 0 spiro atoms. The van der Waals surface area contributed by atoms with E-state index in [-0.39, 0.29) is 0 Å². The van der Waals surface area contributed by atoms with E-state index in [2.05, 4.69) is 50.4 Å². The fourth-order valence-electron chi connectivity index (χ4n) is 2.95. The van der Waals surface area contributed by atoms with Crippen LogP contribution in [-0.4, -0.2) is 25.3 Å². The molecule has 2 nitrogen and oxygen atoms in total. The molecule has 20 heavy (non-hydrogen) atoms. The van der Waals surface area contributed by atoms with Crippen LogP contribution in [-0.2, 0) is 4.74 Å². The van der Waals surface area contributed by atoms with Gasteiger partial charge in [-0.3, -0.25) is 0 Å². The van der Waals surface area contributed by atoms with Crippen LogP contribution in [0.2, 0.25) is 0 Å². The van der Waals surface area contributed by atoms with Crippen LogP contribution in [0.5, 0.6) is 0 Å². The van der Waals surface area contributed by atoms with Crippen LogP contribution in [0, 0.1) is 6.92 Å². The van der Waals surface area contributed by atoms with Gasteiger partial charge >= 0.3 is 0 Å². The Morgan fingerprint density at radius 2 is 2.20 bits per heavy atom. The number of nitrogens with one attached hydrogen (secondary N) is 1. The molecule has 0 aliphatic carbocycles. The van der Waals surface area contributed by atoms with Crippen LogP contribution in [0.15, 0.2) is 24.3 Å². The van der Waals surface area contributed by atoms with E-state index < -0.39 is 0 Å². The average Bonchev–Trinajstić information content (AvgIpc) is 2.91. The SMILES string of the molecule is Cc1cccc(C(CCC2CCCO2)CNC(C)C)c1. The van der Waals surface area contributed by atoms with E-state index in [1.165, 1.54) is 36.8 Å². The van der Waals surface area contributed by atoms with Gasteiger partial charge in [0.25, 0.3) is 0 Å². The summed E-state index contributed by atoms with van der Waals surface area (Å²) in [5.41, 5.74) is 2.82. The number of hydrogen-bond acceptors (Lipinski definition) is 2. The zero-order valence-electron chi connectivity index (χ0n) is 13.2. The van der Waals surface area contributed by atoms with Crippen molar-refractivity contribution in [2.75, 3.05) is 13.2 Å². The number of aryl methyl sites for hydroxylation is 1. The Kier molecular flexibility index (Phi) is 6.06. The second-order valence-electron chi connectivity index (χ2n) is 6.39. The molecule has 0 amide bonds. The van der Waals surface area contributed by atoms with E-state index in [1.54, 1.807) is 0 Å². The summed E-state index contributed by atoms with van der Waals surface area (Å²) in [5, 5.41) is 3.60. The van der Waals surface area contributed by atoms with Crippen LogP contribution in [0.3, 0.4) is 0 Å². The molecular weight excluding hydrogens is 246 g/mol. The Morgan fingerprint density at radius 1 is 1.35 bits per heavy atom. The van der Waals surface area contributed by atoms with E-state index >= 15 is 0 Å². The minimum atomic E-state index is 0.501. The number of hydrogen-bond donors (Lipinski definition) is 1. The third kappa shape index (κ3) is 4.92. The molecule has 1 fully saturated rings. The fraction of sp³-hybridized carbons (Fsp3) is 0.667. The van der Waals surface area contributed by atoms with Crippen molar-refractivity contribution in [3.05, 3.63) is 35.4 Å². The molecule has 0 saturated carbocycles. The highest BCUT2D eigenvalue weighted by Crippen LogP contribution is 2.26. The molecule has 1 aromatic carbocycles. The van der Waals surface area contributed by atoms with E-state index in [0.717, 1.165) is 13.2 Å². The summed E-state index contributed by atoms with van der Waals surface area (Å²) >= 11 is 0. The van der Waals surface area contributed by atoms with Gasteiger partial charge in [0.1, 0.15) is 0 Å². The third-order valence-corrected chi connectivity index (χ3v) is 4.15. The van der Waals surface area contributed by atoms with Gasteiger partial charge in [0, 0.05) is 19.2 Å². The van der Waals surface area contributed by atoms with Gasteiger partial charge < -0.3 is 10.1 Å². The molecule has 1 aromatic rings. The Morgan fingerprint density at radius 3 is 2.85 bits per heavy atom. The Bertz CT molecular complexity index is 396. The highest BCUT2D eigenvalue weighted by atomic mass is 16.5.